The fourth-order valence-electron chi connectivity index (χ4n) is 13.2. The van der Waals surface area contributed by atoms with Crippen LogP contribution in [0.25, 0.3) is 0 Å². The predicted octanol–water partition coefficient (Wildman–Crippen LogP) is 25.7. The molecule has 0 aromatic carbocycles. The van der Waals surface area contributed by atoms with Gasteiger partial charge in [-0.1, -0.05) is 395 Å². The van der Waals surface area contributed by atoms with E-state index in [-0.39, 0.29) is 25.7 Å². The van der Waals surface area contributed by atoms with E-state index in [9.17, 15) is 43.2 Å². The molecule has 0 spiro atoms. The summed E-state index contributed by atoms with van der Waals surface area (Å²) in [6, 6.07) is 0. The van der Waals surface area contributed by atoms with Gasteiger partial charge in [0.25, 0.3) is 0 Å². The van der Waals surface area contributed by atoms with E-state index in [1.807, 2.05) is 0 Å². The Labute approximate surface area is 638 Å². The molecule has 0 saturated heterocycles. The van der Waals surface area contributed by atoms with E-state index in [4.69, 9.17) is 37.0 Å². The summed E-state index contributed by atoms with van der Waals surface area (Å²) in [5.41, 5.74) is 0. The first kappa shape index (κ1) is 102. The van der Waals surface area contributed by atoms with Crippen molar-refractivity contribution < 1.29 is 80.2 Å². The molecule has 0 aliphatic heterocycles. The van der Waals surface area contributed by atoms with Crippen molar-refractivity contribution in [2.75, 3.05) is 39.6 Å². The maximum Gasteiger partial charge on any atom is 0.472 e. The molecule has 0 aliphatic rings. The van der Waals surface area contributed by atoms with Crippen molar-refractivity contribution in [3.63, 3.8) is 0 Å². The summed E-state index contributed by atoms with van der Waals surface area (Å²) in [6.45, 7) is 12.0. The lowest BCUT2D eigenvalue weighted by Crippen LogP contribution is -2.30. The van der Waals surface area contributed by atoms with Crippen molar-refractivity contribution in [2.24, 2.45) is 17.8 Å². The Bertz CT molecular complexity index is 2010. The van der Waals surface area contributed by atoms with Crippen LogP contribution in [0, 0.1) is 17.8 Å². The monoisotopic (exact) mass is 1520 g/mol. The van der Waals surface area contributed by atoms with Crippen molar-refractivity contribution in [1.82, 2.24) is 0 Å². The lowest BCUT2D eigenvalue weighted by molar-refractivity contribution is -0.161. The zero-order valence-corrected chi connectivity index (χ0v) is 70.3. The Morgan fingerprint density at radius 3 is 0.654 bits per heavy atom. The highest BCUT2D eigenvalue weighted by Crippen LogP contribution is 2.45. The number of aliphatic hydroxyl groups excluding tert-OH is 1. The summed E-state index contributed by atoms with van der Waals surface area (Å²) in [4.78, 5) is 73.2. The van der Waals surface area contributed by atoms with Crippen molar-refractivity contribution >= 4 is 39.5 Å². The minimum Gasteiger partial charge on any atom is -0.462 e. The molecule has 0 amide bonds. The van der Waals surface area contributed by atoms with Crippen molar-refractivity contribution in [3.05, 3.63) is 0 Å². The number of aliphatic hydroxyl groups is 1. The Morgan fingerprint density at radius 1 is 0.260 bits per heavy atom. The number of ether oxygens (including phenoxy) is 4. The Hall–Kier alpha value is -1.94. The lowest BCUT2D eigenvalue weighted by Gasteiger charge is -2.21. The van der Waals surface area contributed by atoms with Gasteiger partial charge in [0.1, 0.15) is 19.3 Å². The zero-order chi connectivity index (χ0) is 76.5. The Kier molecular flexibility index (Phi) is 73.7. The van der Waals surface area contributed by atoms with Gasteiger partial charge < -0.3 is 33.8 Å². The summed E-state index contributed by atoms with van der Waals surface area (Å²) in [5, 5.41) is 10.7. The second kappa shape index (κ2) is 75.1. The maximum absolute atomic E-state index is 13.1. The molecule has 17 nitrogen and oxygen atoms in total. The number of unbranched alkanes of at least 4 members (excludes halogenated alkanes) is 51. The molecular formula is C85H166O17P2. The molecule has 3 N–H and O–H groups in total. The molecular weight excluding hydrogens is 1350 g/mol. The van der Waals surface area contributed by atoms with Gasteiger partial charge in [0.05, 0.1) is 26.4 Å². The van der Waals surface area contributed by atoms with Crippen LogP contribution in [0.3, 0.4) is 0 Å². The first-order valence-electron chi connectivity index (χ1n) is 43.8. The molecule has 0 heterocycles. The van der Waals surface area contributed by atoms with Crippen molar-refractivity contribution in [2.45, 2.75) is 465 Å². The number of rotatable bonds is 83. The maximum atomic E-state index is 13.1. The van der Waals surface area contributed by atoms with Crippen molar-refractivity contribution in [3.8, 4) is 0 Å². The SMILES string of the molecule is CCCCCCCCCCCCCCC(=O)OC[C@H](COP(=O)(O)OC[C@H](O)COP(=O)(O)OC[C@@H](COC(=O)CCCCCCCCCCCCCCCCC(C)C)OC(=O)CCCCCCCCCCCCCCCCCCC(C)C)OC(=O)CCCCCCCCCCCCCCCC(C)C. The van der Waals surface area contributed by atoms with E-state index in [0.717, 1.165) is 108 Å². The number of hydrogen-bond acceptors (Lipinski definition) is 15. The highest BCUT2D eigenvalue weighted by atomic mass is 31.2. The molecule has 0 aromatic heterocycles. The molecule has 0 saturated carbocycles. The van der Waals surface area contributed by atoms with E-state index in [1.54, 1.807) is 0 Å². The number of esters is 4. The van der Waals surface area contributed by atoms with Crippen LogP contribution in [-0.2, 0) is 65.4 Å². The molecule has 0 rings (SSSR count). The first-order chi connectivity index (χ1) is 50.2. The number of phosphoric acid groups is 2. The van der Waals surface area contributed by atoms with E-state index in [1.165, 1.54) is 257 Å². The van der Waals surface area contributed by atoms with Gasteiger partial charge in [-0.15, -0.1) is 0 Å². The van der Waals surface area contributed by atoms with Crippen LogP contribution in [-0.4, -0.2) is 96.7 Å². The van der Waals surface area contributed by atoms with Crippen LogP contribution < -0.4 is 0 Å². The third-order valence-corrected chi connectivity index (χ3v) is 21.8. The molecule has 0 aromatic rings. The highest BCUT2D eigenvalue weighted by molar-refractivity contribution is 7.47. The minimum absolute atomic E-state index is 0.108. The summed E-state index contributed by atoms with van der Waals surface area (Å²) >= 11 is 0. The predicted molar refractivity (Wildman–Crippen MR) is 428 cm³/mol. The van der Waals surface area contributed by atoms with Crippen LogP contribution in [0.2, 0.25) is 0 Å². The third-order valence-electron chi connectivity index (χ3n) is 19.9. The molecule has 0 fully saturated rings. The van der Waals surface area contributed by atoms with Crippen LogP contribution in [0.5, 0.6) is 0 Å². The molecule has 2 unspecified atom stereocenters. The summed E-state index contributed by atoms with van der Waals surface area (Å²) < 4.78 is 68.9. The second-order valence-electron chi connectivity index (χ2n) is 32.0. The van der Waals surface area contributed by atoms with E-state index >= 15 is 0 Å². The fraction of sp³-hybridized carbons (Fsp3) is 0.953. The first-order valence-corrected chi connectivity index (χ1v) is 46.8. The topological polar surface area (TPSA) is 237 Å². The van der Waals surface area contributed by atoms with Gasteiger partial charge in [0.2, 0.25) is 0 Å². The second-order valence-corrected chi connectivity index (χ2v) is 34.9. The van der Waals surface area contributed by atoms with Gasteiger partial charge in [0.15, 0.2) is 12.2 Å². The van der Waals surface area contributed by atoms with Gasteiger partial charge in [-0.25, -0.2) is 9.13 Å². The molecule has 0 aliphatic carbocycles. The molecule has 5 atom stereocenters. The van der Waals surface area contributed by atoms with Gasteiger partial charge >= 0.3 is 39.5 Å². The average Bonchev–Trinajstić information content (AvgIpc) is 0.989. The Balaban J connectivity index is 5.26. The van der Waals surface area contributed by atoms with Crippen LogP contribution in [0.1, 0.15) is 447 Å². The zero-order valence-electron chi connectivity index (χ0n) is 68.5. The lowest BCUT2D eigenvalue weighted by atomic mass is 10.0. The molecule has 0 radical (unpaired) electrons. The van der Waals surface area contributed by atoms with Crippen LogP contribution in [0.15, 0.2) is 0 Å². The standard InChI is InChI=1S/C85H166O17P2/c1-8-9-10-11-12-13-14-31-38-45-52-59-66-82(87)95-72-80(102-85(90)69-62-55-48-41-34-27-21-24-30-37-44-51-58-65-78(6)7)74-99-103(91,92)97-70-79(86)71-98-104(93,94)100-75-81(73-96-83(88)67-60-53-46-39-32-25-20-19-23-29-36-43-50-57-64-77(4)5)101-84(89)68-61-54-47-40-33-26-18-16-15-17-22-28-35-42-49-56-63-76(2)3/h76-81,86H,8-75H2,1-7H3,(H,91,92)(H,93,94)/t79-,80+,81+/m0/s1. The average molecular weight is 1520 g/mol. The normalized spacial score (nSPS) is 13.9. The molecule has 618 valence electrons. The van der Waals surface area contributed by atoms with Gasteiger partial charge in [-0.2, -0.15) is 0 Å². The number of carbonyl (C=O) groups excluding carboxylic acids is 4. The van der Waals surface area contributed by atoms with Gasteiger partial charge in [0, 0.05) is 25.7 Å². The molecule has 19 heteroatoms. The summed E-state index contributed by atoms with van der Waals surface area (Å²) in [5.74, 6) is 0.292. The highest BCUT2D eigenvalue weighted by Gasteiger charge is 2.30. The van der Waals surface area contributed by atoms with Crippen LogP contribution in [0.4, 0.5) is 0 Å². The fourth-order valence-corrected chi connectivity index (χ4v) is 14.8. The summed E-state index contributed by atoms with van der Waals surface area (Å²) in [7, 11) is -9.93. The van der Waals surface area contributed by atoms with Crippen LogP contribution >= 0.6 is 15.6 Å². The third kappa shape index (κ3) is 78.2. The molecule has 0 bridgehead atoms. The molecule has 104 heavy (non-hydrogen) atoms. The van der Waals surface area contributed by atoms with E-state index < -0.39 is 97.5 Å². The summed E-state index contributed by atoms with van der Waals surface area (Å²) in [6.07, 6.45) is 65.1. The van der Waals surface area contributed by atoms with E-state index in [2.05, 4.69) is 48.5 Å². The number of phosphoric ester groups is 2. The quantitative estimate of drug-likeness (QED) is 0.0222. The smallest absolute Gasteiger partial charge is 0.462 e. The van der Waals surface area contributed by atoms with Gasteiger partial charge in [-0.05, 0) is 43.4 Å². The number of hydrogen-bond donors (Lipinski definition) is 3. The largest absolute Gasteiger partial charge is 0.472 e. The van der Waals surface area contributed by atoms with Gasteiger partial charge in [-0.3, -0.25) is 37.3 Å². The van der Waals surface area contributed by atoms with Crippen molar-refractivity contribution in [1.29, 1.82) is 0 Å². The minimum atomic E-state index is -4.97. The number of carbonyl (C=O) groups is 4. The Morgan fingerprint density at radius 2 is 0.442 bits per heavy atom. The van der Waals surface area contributed by atoms with E-state index in [0.29, 0.717) is 25.7 Å².